The van der Waals surface area contributed by atoms with E-state index >= 15 is 0 Å². The molecule has 0 radical (unpaired) electrons. The van der Waals surface area contributed by atoms with Crippen molar-refractivity contribution in [1.82, 2.24) is 0 Å². The molecule has 0 unspecified atom stereocenters. The van der Waals surface area contributed by atoms with Gasteiger partial charge in [-0.05, 0) is 29.8 Å². The van der Waals surface area contributed by atoms with Gasteiger partial charge in [0.25, 0.3) is 5.69 Å². The van der Waals surface area contributed by atoms with Crippen LogP contribution in [0, 0.1) is 10.1 Å². The van der Waals surface area contributed by atoms with Crippen LogP contribution in [0.15, 0.2) is 77.7 Å². The fourth-order valence-corrected chi connectivity index (χ4v) is 3.85. The highest BCUT2D eigenvalue weighted by atomic mass is 35.5. The Hall–Kier alpha value is -2.90. The third-order valence-corrected chi connectivity index (χ3v) is 5.15. The number of nitro benzene ring substituents is 1. The molecule has 3 rings (SSSR count). The average molecular weight is 390 g/mol. The molecule has 0 aliphatic carbocycles. The number of nitro groups is 1. The van der Waals surface area contributed by atoms with Crippen LogP contribution in [0.3, 0.4) is 0 Å². The summed E-state index contributed by atoms with van der Waals surface area (Å²) in [5.74, 6) is 0.101. The second-order valence-corrected chi connectivity index (χ2v) is 7.16. The normalized spacial score (nSPS) is 11.1. The number of hydrogen-bond acceptors (Lipinski definition) is 5. The number of para-hydroxylation sites is 1. The molecule has 0 bridgehead atoms. The Kier molecular flexibility index (Phi) is 4.92. The minimum atomic E-state index is -4.33. The molecule has 0 N–H and O–H groups in total. The van der Waals surface area contributed by atoms with Crippen LogP contribution in [-0.4, -0.2) is 13.3 Å². The van der Waals surface area contributed by atoms with Crippen molar-refractivity contribution in [3.63, 3.8) is 0 Å². The van der Waals surface area contributed by atoms with Crippen LogP contribution in [0.4, 0.5) is 5.69 Å². The van der Waals surface area contributed by atoms with Crippen molar-refractivity contribution in [2.24, 2.45) is 0 Å². The van der Waals surface area contributed by atoms with Crippen LogP contribution >= 0.6 is 11.6 Å². The van der Waals surface area contributed by atoms with E-state index in [9.17, 15) is 18.5 Å². The SMILES string of the molecule is O=[N+]([O-])c1c(Cl)ccc(S(=O)(=O)Oc2ccccc2)c1-c1ccccc1. The predicted molar refractivity (Wildman–Crippen MR) is 97.8 cm³/mol. The number of benzene rings is 3. The Morgan fingerprint density at radius 1 is 0.885 bits per heavy atom. The van der Waals surface area contributed by atoms with Crippen molar-refractivity contribution in [2.45, 2.75) is 4.90 Å². The van der Waals surface area contributed by atoms with Gasteiger partial charge in [0.1, 0.15) is 15.7 Å². The Labute approximate surface area is 154 Å². The van der Waals surface area contributed by atoms with Crippen molar-refractivity contribution in [1.29, 1.82) is 0 Å². The molecule has 6 nitrogen and oxygen atoms in total. The highest BCUT2D eigenvalue weighted by Crippen LogP contribution is 2.41. The van der Waals surface area contributed by atoms with E-state index in [0.717, 1.165) is 0 Å². The fourth-order valence-electron chi connectivity index (χ4n) is 2.47. The molecule has 132 valence electrons. The Morgan fingerprint density at radius 2 is 1.46 bits per heavy atom. The van der Waals surface area contributed by atoms with Crippen LogP contribution in [0.2, 0.25) is 5.02 Å². The summed E-state index contributed by atoms with van der Waals surface area (Å²) in [6.07, 6.45) is 0. The van der Waals surface area contributed by atoms with E-state index in [-0.39, 0.29) is 21.2 Å². The first-order valence-corrected chi connectivity index (χ1v) is 9.20. The van der Waals surface area contributed by atoms with Crippen molar-refractivity contribution in [3.05, 3.63) is 87.9 Å². The zero-order valence-corrected chi connectivity index (χ0v) is 14.8. The first kappa shape index (κ1) is 17.9. The molecule has 3 aromatic rings. The van der Waals surface area contributed by atoms with E-state index in [1.807, 2.05) is 0 Å². The monoisotopic (exact) mass is 389 g/mol. The van der Waals surface area contributed by atoms with Crippen LogP contribution < -0.4 is 4.18 Å². The summed E-state index contributed by atoms with van der Waals surface area (Å²) < 4.78 is 30.7. The maximum atomic E-state index is 12.8. The van der Waals surface area contributed by atoms with Gasteiger partial charge in [0, 0.05) is 0 Å². The summed E-state index contributed by atoms with van der Waals surface area (Å²) in [7, 11) is -4.33. The molecule has 0 atom stereocenters. The largest absolute Gasteiger partial charge is 0.379 e. The summed E-state index contributed by atoms with van der Waals surface area (Å²) >= 11 is 5.98. The third kappa shape index (κ3) is 3.54. The summed E-state index contributed by atoms with van der Waals surface area (Å²) in [6, 6.07) is 18.4. The van der Waals surface area contributed by atoms with Crippen LogP contribution in [0.5, 0.6) is 5.75 Å². The summed E-state index contributed by atoms with van der Waals surface area (Å²) in [5, 5.41) is 11.4. The van der Waals surface area contributed by atoms with Gasteiger partial charge in [0.2, 0.25) is 0 Å². The van der Waals surface area contributed by atoms with Crippen LogP contribution in [0.1, 0.15) is 0 Å². The lowest BCUT2D eigenvalue weighted by Crippen LogP contribution is -2.12. The molecule has 26 heavy (non-hydrogen) atoms. The lowest BCUT2D eigenvalue weighted by atomic mass is 10.0. The maximum absolute atomic E-state index is 12.8. The second kappa shape index (κ2) is 7.15. The molecule has 0 heterocycles. The molecular weight excluding hydrogens is 378 g/mol. The molecular formula is C18H12ClNO5S. The molecule has 0 amide bonds. The maximum Gasteiger partial charge on any atom is 0.340 e. The van der Waals surface area contributed by atoms with E-state index in [4.69, 9.17) is 15.8 Å². The van der Waals surface area contributed by atoms with E-state index in [1.54, 1.807) is 48.5 Å². The third-order valence-electron chi connectivity index (χ3n) is 3.55. The standard InChI is InChI=1S/C18H12ClNO5S/c19-15-11-12-16(26(23,24)25-14-9-5-2-6-10-14)17(18(15)20(21)22)13-7-3-1-4-8-13/h1-12H. The van der Waals surface area contributed by atoms with Gasteiger partial charge in [-0.2, -0.15) is 8.42 Å². The number of rotatable bonds is 5. The number of nitrogens with zero attached hydrogens (tertiary/aromatic N) is 1. The van der Waals surface area contributed by atoms with Gasteiger partial charge < -0.3 is 4.18 Å². The lowest BCUT2D eigenvalue weighted by Gasteiger charge is -2.13. The zero-order chi connectivity index (χ0) is 18.7. The second-order valence-electron chi connectivity index (χ2n) is 5.24. The lowest BCUT2D eigenvalue weighted by molar-refractivity contribution is -0.384. The van der Waals surface area contributed by atoms with Gasteiger partial charge >= 0.3 is 10.1 Å². The molecule has 0 aliphatic rings. The number of halogens is 1. The van der Waals surface area contributed by atoms with Gasteiger partial charge in [-0.15, -0.1) is 0 Å². The molecule has 0 saturated carbocycles. The van der Waals surface area contributed by atoms with Crippen molar-refractivity contribution in [3.8, 4) is 16.9 Å². The predicted octanol–water partition coefficient (Wildman–Crippen LogP) is 4.68. The molecule has 0 spiro atoms. The van der Waals surface area contributed by atoms with Crippen LogP contribution in [-0.2, 0) is 10.1 Å². The highest BCUT2D eigenvalue weighted by molar-refractivity contribution is 7.87. The smallest absolute Gasteiger partial charge is 0.340 e. The van der Waals surface area contributed by atoms with Gasteiger partial charge in [-0.3, -0.25) is 10.1 Å². The van der Waals surface area contributed by atoms with Gasteiger partial charge in [-0.25, -0.2) is 0 Å². The molecule has 8 heteroatoms. The molecule has 0 fully saturated rings. The molecule has 0 aliphatic heterocycles. The topological polar surface area (TPSA) is 86.5 Å². The highest BCUT2D eigenvalue weighted by Gasteiger charge is 2.31. The Bertz CT molecular complexity index is 1050. The van der Waals surface area contributed by atoms with E-state index < -0.39 is 20.7 Å². The summed E-state index contributed by atoms with van der Waals surface area (Å²) in [4.78, 5) is 10.5. The fraction of sp³-hybridized carbons (Fsp3) is 0. The molecule has 0 saturated heterocycles. The average Bonchev–Trinajstić information content (AvgIpc) is 2.62. The first-order valence-electron chi connectivity index (χ1n) is 7.42. The van der Waals surface area contributed by atoms with Gasteiger partial charge in [0.05, 0.1) is 10.5 Å². The van der Waals surface area contributed by atoms with Crippen molar-refractivity contribution in [2.75, 3.05) is 0 Å². The Morgan fingerprint density at radius 3 is 2.04 bits per heavy atom. The zero-order valence-electron chi connectivity index (χ0n) is 13.2. The van der Waals surface area contributed by atoms with Crippen LogP contribution in [0.25, 0.3) is 11.1 Å². The molecule has 0 aromatic heterocycles. The minimum Gasteiger partial charge on any atom is -0.379 e. The van der Waals surface area contributed by atoms with E-state index in [0.29, 0.717) is 5.56 Å². The van der Waals surface area contributed by atoms with E-state index in [1.165, 1.54) is 24.3 Å². The first-order chi connectivity index (χ1) is 12.4. The quantitative estimate of drug-likeness (QED) is 0.359. The Balaban J connectivity index is 2.25. The minimum absolute atomic E-state index is 0.101. The summed E-state index contributed by atoms with van der Waals surface area (Å²) in [6.45, 7) is 0. The van der Waals surface area contributed by atoms with Gasteiger partial charge in [0.15, 0.2) is 0 Å². The van der Waals surface area contributed by atoms with E-state index in [2.05, 4.69) is 0 Å². The number of hydrogen-bond donors (Lipinski definition) is 0. The molecule has 3 aromatic carbocycles. The van der Waals surface area contributed by atoms with Crippen molar-refractivity contribution < 1.29 is 17.5 Å². The summed E-state index contributed by atoms with van der Waals surface area (Å²) in [5.41, 5.74) is -0.258. The van der Waals surface area contributed by atoms with Gasteiger partial charge in [-0.1, -0.05) is 60.1 Å². The van der Waals surface area contributed by atoms with Crippen molar-refractivity contribution >= 4 is 27.4 Å².